The third-order valence-electron chi connectivity index (χ3n) is 2.51. The van der Waals surface area contributed by atoms with Crippen molar-refractivity contribution in [3.8, 4) is 0 Å². The largest absolute Gasteiger partial charge is 0.392 e. The Morgan fingerprint density at radius 2 is 2.64 bits per heavy atom. The van der Waals surface area contributed by atoms with Crippen molar-refractivity contribution < 1.29 is 0 Å². The van der Waals surface area contributed by atoms with Crippen LogP contribution in [0.4, 0.5) is 0 Å². The number of thiocarbonyl (C=S) groups is 1. The Morgan fingerprint density at radius 1 is 1.79 bits per heavy atom. The first-order valence-corrected chi connectivity index (χ1v) is 5.98. The van der Waals surface area contributed by atoms with Crippen molar-refractivity contribution in [2.75, 3.05) is 6.54 Å². The maximum atomic E-state index is 5.69. The molecule has 2 N–H and O–H groups in total. The first kappa shape index (κ1) is 10.0. The molecule has 1 aromatic rings. The van der Waals surface area contributed by atoms with Crippen molar-refractivity contribution in [3.63, 3.8) is 0 Å². The Balaban J connectivity index is 2.00. The summed E-state index contributed by atoms with van der Waals surface area (Å²) in [7, 11) is 0. The second-order valence-corrected chi connectivity index (χ2v) is 4.91. The Labute approximate surface area is 92.9 Å². The van der Waals surface area contributed by atoms with E-state index < -0.39 is 0 Å². The molecule has 2 heterocycles. The molecule has 0 spiro atoms. The maximum Gasteiger partial charge on any atom is 0.107 e. The summed E-state index contributed by atoms with van der Waals surface area (Å²) in [6.07, 6.45) is 4.12. The van der Waals surface area contributed by atoms with Crippen LogP contribution in [0.1, 0.15) is 17.8 Å². The van der Waals surface area contributed by atoms with E-state index in [9.17, 15) is 0 Å². The van der Waals surface area contributed by atoms with Gasteiger partial charge < -0.3 is 5.73 Å². The second-order valence-electron chi connectivity index (χ2n) is 3.46. The molecule has 1 atom stereocenters. The highest BCUT2D eigenvalue weighted by Gasteiger charge is 2.26. The molecule has 1 aliphatic heterocycles. The summed E-state index contributed by atoms with van der Waals surface area (Å²) >= 11 is 6.73. The van der Waals surface area contributed by atoms with Gasteiger partial charge in [-0.3, -0.25) is 4.90 Å². The van der Waals surface area contributed by atoms with Crippen LogP contribution in [0.3, 0.4) is 0 Å². The van der Waals surface area contributed by atoms with E-state index in [0.717, 1.165) is 24.5 Å². The second kappa shape index (κ2) is 4.33. The minimum absolute atomic E-state index is 0.286. The van der Waals surface area contributed by atoms with Gasteiger partial charge in [0.25, 0.3) is 0 Å². The number of hydrogen-bond donors (Lipinski definition) is 1. The zero-order valence-corrected chi connectivity index (χ0v) is 9.48. The fraction of sp³-hybridized carbons (Fsp3) is 0.556. The molecule has 0 bridgehead atoms. The number of rotatable bonds is 3. The van der Waals surface area contributed by atoms with Crippen LogP contribution in [-0.4, -0.2) is 27.5 Å². The number of likely N-dealkylation sites (tertiary alicyclic amines) is 1. The van der Waals surface area contributed by atoms with E-state index in [-0.39, 0.29) is 6.04 Å². The van der Waals surface area contributed by atoms with Gasteiger partial charge in [-0.2, -0.15) is 0 Å². The standard InChI is InChI=1S/C9H13N3S2/c10-9(13)7-2-1-4-12(7)6-8-11-3-5-14-8/h3,5,7H,1-2,4,6H2,(H2,10,13). The smallest absolute Gasteiger partial charge is 0.107 e. The fourth-order valence-electron chi connectivity index (χ4n) is 1.84. The van der Waals surface area contributed by atoms with Gasteiger partial charge in [0.2, 0.25) is 0 Å². The summed E-state index contributed by atoms with van der Waals surface area (Å²) < 4.78 is 0. The Kier molecular flexibility index (Phi) is 3.10. The van der Waals surface area contributed by atoms with Gasteiger partial charge in [0.1, 0.15) is 5.01 Å². The van der Waals surface area contributed by atoms with Gasteiger partial charge in [0, 0.05) is 11.6 Å². The Hall–Kier alpha value is -0.520. The van der Waals surface area contributed by atoms with Crippen molar-refractivity contribution in [3.05, 3.63) is 16.6 Å². The quantitative estimate of drug-likeness (QED) is 0.793. The number of hydrogen-bond acceptors (Lipinski definition) is 4. The molecule has 0 saturated carbocycles. The lowest BCUT2D eigenvalue weighted by atomic mass is 10.2. The van der Waals surface area contributed by atoms with Crippen molar-refractivity contribution in [2.24, 2.45) is 5.73 Å². The number of nitrogens with two attached hydrogens (primary N) is 1. The molecule has 1 saturated heterocycles. The predicted octanol–water partition coefficient (Wildman–Crippen LogP) is 1.39. The molecule has 1 aromatic heterocycles. The molecule has 1 fully saturated rings. The molecule has 0 amide bonds. The van der Waals surface area contributed by atoms with Crippen molar-refractivity contribution in [2.45, 2.75) is 25.4 Å². The molecule has 1 aliphatic rings. The minimum atomic E-state index is 0.286. The molecular weight excluding hydrogens is 214 g/mol. The summed E-state index contributed by atoms with van der Waals surface area (Å²) in [6, 6.07) is 0.286. The lowest BCUT2D eigenvalue weighted by Gasteiger charge is -2.21. The average Bonchev–Trinajstić information content (AvgIpc) is 2.75. The van der Waals surface area contributed by atoms with E-state index >= 15 is 0 Å². The first-order valence-electron chi connectivity index (χ1n) is 4.69. The predicted molar refractivity (Wildman–Crippen MR) is 62.3 cm³/mol. The van der Waals surface area contributed by atoms with Crippen LogP contribution < -0.4 is 5.73 Å². The summed E-state index contributed by atoms with van der Waals surface area (Å²) in [4.78, 5) is 7.21. The monoisotopic (exact) mass is 227 g/mol. The zero-order valence-electron chi connectivity index (χ0n) is 7.85. The van der Waals surface area contributed by atoms with Crippen LogP contribution in [-0.2, 0) is 6.54 Å². The topological polar surface area (TPSA) is 42.1 Å². The fourth-order valence-corrected chi connectivity index (χ4v) is 2.75. The molecule has 0 radical (unpaired) electrons. The third-order valence-corrected chi connectivity index (χ3v) is 3.55. The average molecular weight is 227 g/mol. The molecule has 5 heteroatoms. The Morgan fingerprint density at radius 3 is 3.29 bits per heavy atom. The van der Waals surface area contributed by atoms with Gasteiger partial charge in [-0.15, -0.1) is 11.3 Å². The molecular formula is C9H13N3S2. The van der Waals surface area contributed by atoms with Gasteiger partial charge in [0.15, 0.2) is 0 Å². The molecule has 3 nitrogen and oxygen atoms in total. The van der Waals surface area contributed by atoms with Crippen LogP contribution in [0, 0.1) is 0 Å². The van der Waals surface area contributed by atoms with E-state index in [4.69, 9.17) is 18.0 Å². The van der Waals surface area contributed by atoms with Crippen LogP contribution >= 0.6 is 23.6 Å². The van der Waals surface area contributed by atoms with Crippen molar-refractivity contribution in [1.29, 1.82) is 0 Å². The molecule has 14 heavy (non-hydrogen) atoms. The van der Waals surface area contributed by atoms with Crippen molar-refractivity contribution >= 4 is 28.5 Å². The van der Waals surface area contributed by atoms with Crippen molar-refractivity contribution in [1.82, 2.24) is 9.88 Å². The molecule has 0 aromatic carbocycles. The van der Waals surface area contributed by atoms with Gasteiger partial charge >= 0.3 is 0 Å². The molecule has 0 aliphatic carbocycles. The lowest BCUT2D eigenvalue weighted by Crippen LogP contribution is -2.38. The van der Waals surface area contributed by atoms with Gasteiger partial charge in [0.05, 0.1) is 17.6 Å². The van der Waals surface area contributed by atoms with Gasteiger partial charge in [-0.05, 0) is 19.4 Å². The van der Waals surface area contributed by atoms with Crippen LogP contribution in [0.5, 0.6) is 0 Å². The summed E-state index contributed by atoms with van der Waals surface area (Å²) in [5.74, 6) is 0. The van der Waals surface area contributed by atoms with Gasteiger partial charge in [-0.25, -0.2) is 4.98 Å². The van der Waals surface area contributed by atoms with E-state index in [2.05, 4.69) is 9.88 Å². The molecule has 1 unspecified atom stereocenters. The number of thiazole rings is 1. The summed E-state index contributed by atoms with van der Waals surface area (Å²) in [5.41, 5.74) is 5.69. The SMILES string of the molecule is NC(=S)C1CCCN1Cc1nccs1. The molecule has 76 valence electrons. The highest BCUT2D eigenvalue weighted by atomic mass is 32.1. The minimum Gasteiger partial charge on any atom is -0.392 e. The maximum absolute atomic E-state index is 5.69. The zero-order chi connectivity index (χ0) is 9.97. The summed E-state index contributed by atoms with van der Waals surface area (Å²) in [5, 5.41) is 3.15. The Bertz CT molecular complexity index is 310. The lowest BCUT2D eigenvalue weighted by molar-refractivity contribution is 0.295. The number of aromatic nitrogens is 1. The van der Waals surface area contributed by atoms with E-state index in [0.29, 0.717) is 4.99 Å². The van der Waals surface area contributed by atoms with E-state index in [1.807, 2.05) is 11.6 Å². The van der Waals surface area contributed by atoms with Gasteiger partial charge in [-0.1, -0.05) is 12.2 Å². The highest BCUT2D eigenvalue weighted by molar-refractivity contribution is 7.80. The summed E-state index contributed by atoms with van der Waals surface area (Å²) in [6.45, 7) is 1.97. The van der Waals surface area contributed by atoms with Crippen LogP contribution in [0.15, 0.2) is 11.6 Å². The van der Waals surface area contributed by atoms with E-state index in [1.54, 1.807) is 11.3 Å². The number of nitrogens with zero attached hydrogens (tertiary/aromatic N) is 2. The van der Waals surface area contributed by atoms with Crippen LogP contribution in [0.25, 0.3) is 0 Å². The molecule has 2 rings (SSSR count). The first-order chi connectivity index (χ1) is 6.77. The normalized spacial score (nSPS) is 22.7. The third kappa shape index (κ3) is 2.10. The van der Waals surface area contributed by atoms with E-state index in [1.165, 1.54) is 6.42 Å². The highest BCUT2D eigenvalue weighted by Crippen LogP contribution is 2.20. The van der Waals surface area contributed by atoms with Crippen LogP contribution in [0.2, 0.25) is 0 Å².